The second-order valence-electron chi connectivity index (χ2n) is 2.70. The van der Waals surface area contributed by atoms with Crippen LogP contribution >= 0.6 is 23.2 Å². The van der Waals surface area contributed by atoms with E-state index >= 15 is 0 Å². The minimum Gasteiger partial charge on any atom is -0.465 e. The van der Waals surface area contributed by atoms with Gasteiger partial charge in [-0.3, -0.25) is 0 Å². The third kappa shape index (κ3) is 2.43. The fraction of sp³-hybridized carbons (Fsp3) is 0.111. The molecule has 0 spiro atoms. The summed E-state index contributed by atoms with van der Waals surface area (Å²) >= 11 is 11.0. The summed E-state index contributed by atoms with van der Waals surface area (Å²) in [4.78, 5) is 11.2. The van der Waals surface area contributed by atoms with Crippen LogP contribution in [0.3, 0.4) is 0 Å². The van der Waals surface area contributed by atoms with Gasteiger partial charge in [-0.25, -0.2) is 9.18 Å². The van der Waals surface area contributed by atoms with Crippen LogP contribution in [0.5, 0.6) is 0 Å². The number of carbonyl (C=O) groups is 1. The molecule has 16 heavy (non-hydrogen) atoms. The molecular weight excluding hydrogens is 260 g/mol. The summed E-state index contributed by atoms with van der Waals surface area (Å²) in [5, 5.41) is 10.4. The molecule has 0 heterocycles. The fourth-order valence-electron chi connectivity index (χ4n) is 1.02. The molecule has 0 saturated carbocycles. The van der Waals surface area contributed by atoms with Crippen molar-refractivity contribution >= 4 is 34.3 Å². The first-order valence-electron chi connectivity index (χ1n) is 3.96. The molecule has 0 saturated heterocycles. The van der Waals surface area contributed by atoms with E-state index in [2.05, 4.69) is 9.89 Å². The van der Waals surface area contributed by atoms with Crippen LogP contribution in [0.15, 0.2) is 17.3 Å². The molecule has 0 aromatic heterocycles. The van der Waals surface area contributed by atoms with Crippen LogP contribution in [0.4, 0.5) is 4.39 Å². The molecule has 1 rings (SSSR count). The Labute approximate surface area is 100 Å². The van der Waals surface area contributed by atoms with Gasteiger partial charge in [0.15, 0.2) is 5.17 Å². The molecular formula is C9H6Cl2FNO3. The molecule has 1 aromatic carbocycles. The van der Waals surface area contributed by atoms with Crippen LogP contribution in [0.2, 0.25) is 5.02 Å². The zero-order valence-electron chi connectivity index (χ0n) is 8.00. The molecule has 0 amide bonds. The van der Waals surface area contributed by atoms with Crippen molar-refractivity contribution in [3.8, 4) is 0 Å². The second kappa shape index (κ2) is 5.14. The van der Waals surface area contributed by atoms with Crippen molar-refractivity contribution in [2.24, 2.45) is 5.16 Å². The molecule has 1 N–H and O–H groups in total. The van der Waals surface area contributed by atoms with Crippen LogP contribution in [-0.4, -0.2) is 23.5 Å². The summed E-state index contributed by atoms with van der Waals surface area (Å²) in [5.41, 5.74) is -0.174. The molecule has 0 atom stereocenters. The smallest absolute Gasteiger partial charge is 0.339 e. The van der Waals surface area contributed by atoms with E-state index in [0.29, 0.717) is 0 Å². The maximum Gasteiger partial charge on any atom is 0.339 e. The normalized spacial score (nSPS) is 11.4. The first-order valence-corrected chi connectivity index (χ1v) is 4.72. The maximum atomic E-state index is 13.3. The van der Waals surface area contributed by atoms with Crippen molar-refractivity contribution in [3.63, 3.8) is 0 Å². The Morgan fingerprint density at radius 1 is 1.56 bits per heavy atom. The molecule has 1 aromatic rings. The highest BCUT2D eigenvalue weighted by atomic mass is 35.5. The highest BCUT2D eigenvalue weighted by molar-refractivity contribution is 6.69. The zero-order chi connectivity index (χ0) is 12.3. The Bertz CT molecular complexity index is 462. The predicted octanol–water partition coefficient (Wildman–Crippen LogP) is 2.64. The van der Waals surface area contributed by atoms with Crippen LogP contribution < -0.4 is 0 Å². The minimum atomic E-state index is -0.860. The molecule has 0 aliphatic carbocycles. The summed E-state index contributed by atoms with van der Waals surface area (Å²) < 4.78 is 17.7. The van der Waals surface area contributed by atoms with Crippen molar-refractivity contribution in [1.82, 2.24) is 0 Å². The van der Waals surface area contributed by atoms with Gasteiger partial charge in [-0.05, 0) is 12.1 Å². The van der Waals surface area contributed by atoms with Crippen molar-refractivity contribution < 1.29 is 19.1 Å². The molecule has 0 fully saturated rings. The fourth-order valence-corrected chi connectivity index (χ4v) is 1.32. The number of ether oxygens (including phenoxy) is 1. The number of methoxy groups -OCH3 is 1. The molecule has 0 aliphatic rings. The Morgan fingerprint density at radius 2 is 2.19 bits per heavy atom. The summed E-state index contributed by atoms with van der Waals surface area (Å²) in [6.45, 7) is 0. The van der Waals surface area contributed by atoms with Crippen molar-refractivity contribution in [3.05, 3.63) is 34.1 Å². The lowest BCUT2D eigenvalue weighted by Crippen LogP contribution is -2.06. The predicted molar refractivity (Wildman–Crippen MR) is 56.9 cm³/mol. The van der Waals surface area contributed by atoms with Crippen LogP contribution in [0.1, 0.15) is 15.9 Å². The number of esters is 1. The van der Waals surface area contributed by atoms with E-state index in [9.17, 15) is 9.18 Å². The van der Waals surface area contributed by atoms with Gasteiger partial charge in [0, 0.05) is 5.56 Å². The first kappa shape index (κ1) is 12.7. The quantitative estimate of drug-likeness (QED) is 0.387. The zero-order valence-corrected chi connectivity index (χ0v) is 9.51. The topological polar surface area (TPSA) is 58.9 Å². The van der Waals surface area contributed by atoms with E-state index in [1.54, 1.807) is 0 Å². The van der Waals surface area contributed by atoms with E-state index in [1.165, 1.54) is 6.07 Å². The molecule has 4 nitrogen and oxygen atoms in total. The first-order chi connectivity index (χ1) is 7.51. The van der Waals surface area contributed by atoms with Gasteiger partial charge >= 0.3 is 5.97 Å². The summed E-state index contributed by atoms with van der Waals surface area (Å²) in [6.07, 6.45) is 0. The lowest BCUT2D eigenvalue weighted by Gasteiger charge is -2.05. The Balaban J connectivity index is 3.39. The van der Waals surface area contributed by atoms with Crippen LogP contribution in [-0.2, 0) is 4.74 Å². The number of halogens is 3. The third-order valence-electron chi connectivity index (χ3n) is 1.76. The van der Waals surface area contributed by atoms with Gasteiger partial charge in [0.25, 0.3) is 0 Å². The summed E-state index contributed by atoms with van der Waals surface area (Å²) in [6, 6.07) is 2.11. The van der Waals surface area contributed by atoms with Crippen molar-refractivity contribution in [2.75, 3.05) is 7.11 Å². The molecule has 86 valence electrons. The molecule has 7 heteroatoms. The van der Waals surface area contributed by atoms with E-state index in [-0.39, 0.29) is 21.3 Å². The molecule has 0 aliphatic heterocycles. The van der Waals surface area contributed by atoms with E-state index in [0.717, 1.165) is 13.2 Å². The van der Waals surface area contributed by atoms with Gasteiger partial charge in [0.05, 0.1) is 17.7 Å². The average Bonchev–Trinajstić information content (AvgIpc) is 2.30. The largest absolute Gasteiger partial charge is 0.465 e. The van der Waals surface area contributed by atoms with Gasteiger partial charge in [-0.15, -0.1) is 0 Å². The Hall–Kier alpha value is -1.33. The molecule has 0 unspecified atom stereocenters. The lowest BCUT2D eigenvalue weighted by molar-refractivity contribution is 0.0600. The highest BCUT2D eigenvalue weighted by Crippen LogP contribution is 2.23. The van der Waals surface area contributed by atoms with Crippen molar-refractivity contribution in [2.45, 2.75) is 0 Å². The van der Waals surface area contributed by atoms with Crippen LogP contribution in [0.25, 0.3) is 0 Å². The standard InChI is InChI=1S/C9H6Cl2FNO3/c1-16-9(14)5-2-4(8(11)13-15)3-6(12)7(5)10/h2-3,15H,1H3/b13-8-. The number of carbonyl (C=O) groups excluding carboxylic acids is 1. The van der Waals surface area contributed by atoms with Gasteiger partial charge < -0.3 is 9.94 Å². The van der Waals surface area contributed by atoms with Gasteiger partial charge in [-0.1, -0.05) is 28.4 Å². The van der Waals surface area contributed by atoms with Crippen molar-refractivity contribution in [1.29, 1.82) is 0 Å². The average molecular weight is 266 g/mol. The number of rotatable bonds is 2. The monoisotopic (exact) mass is 265 g/mol. The SMILES string of the molecule is COC(=O)c1cc(/C(Cl)=N/O)cc(F)c1Cl. The van der Waals surface area contributed by atoms with Gasteiger partial charge in [0.2, 0.25) is 0 Å². The number of hydrogen-bond donors (Lipinski definition) is 1. The van der Waals surface area contributed by atoms with Crippen LogP contribution in [0, 0.1) is 5.82 Å². The van der Waals surface area contributed by atoms with Gasteiger partial charge in [-0.2, -0.15) is 0 Å². The van der Waals surface area contributed by atoms with Gasteiger partial charge in [0.1, 0.15) is 5.82 Å². The molecule has 0 radical (unpaired) electrons. The second-order valence-corrected chi connectivity index (χ2v) is 3.44. The Kier molecular flexibility index (Phi) is 4.09. The minimum absolute atomic E-state index is 0.0199. The van der Waals surface area contributed by atoms with E-state index in [1.807, 2.05) is 0 Å². The number of oxime groups is 1. The summed E-state index contributed by atoms with van der Waals surface area (Å²) in [7, 11) is 1.13. The van der Waals surface area contributed by atoms with E-state index in [4.69, 9.17) is 28.4 Å². The Morgan fingerprint density at radius 3 is 2.69 bits per heavy atom. The lowest BCUT2D eigenvalue weighted by atomic mass is 10.1. The maximum absolute atomic E-state index is 13.3. The number of nitrogens with zero attached hydrogens (tertiary/aromatic N) is 1. The summed E-state index contributed by atoms with van der Waals surface area (Å²) in [5.74, 6) is -1.67. The number of benzene rings is 1. The number of hydrogen-bond acceptors (Lipinski definition) is 4. The van der Waals surface area contributed by atoms with E-state index < -0.39 is 11.8 Å². The third-order valence-corrected chi connectivity index (χ3v) is 2.44. The molecule has 0 bridgehead atoms. The highest BCUT2D eigenvalue weighted by Gasteiger charge is 2.17.